The summed E-state index contributed by atoms with van der Waals surface area (Å²) in [6.45, 7) is -0.820. The standard InChI is InChI=1S/C11H12FNO6S/c1-13(6-10(14)15)20(17,18)9-5-7(12)3-4-8(9)11(16)19-2/h3-5H,6H2,1-2H3,(H,14,15). The molecule has 0 aliphatic heterocycles. The molecule has 1 aromatic carbocycles. The molecule has 20 heavy (non-hydrogen) atoms. The van der Waals surface area contributed by atoms with E-state index >= 15 is 0 Å². The molecule has 0 aliphatic carbocycles. The minimum absolute atomic E-state index is 0.369. The van der Waals surface area contributed by atoms with E-state index in [-0.39, 0.29) is 5.56 Å². The minimum Gasteiger partial charge on any atom is -0.480 e. The van der Waals surface area contributed by atoms with Gasteiger partial charge in [0.1, 0.15) is 12.4 Å². The normalized spacial score (nSPS) is 11.4. The summed E-state index contributed by atoms with van der Waals surface area (Å²) in [7, 11) is -2.28. The van der Waals surface area contributed by atoms with Crippen LogP contribution in [0.25, 0.3) is 0 Å². The van der Waals surface area contributed by atoms with Crippen LogP contribution in [0.15, 0.2) is 23.1 Å². The Hall–Kier alpha value is -2.00. The lowest BCUT2D eigenvalue weighted by atomic mass is 10.2. The number of halogens is 1. The van der Waals surface area contributed by atoms with Crippen molar-refractivity contribution in [1.29, 1.82) is 0 Å². The minimum atomic E-state index is -4.33. The summed E-state index contributed by atoms with van der Waals surface area (Å²) in [6, 6.07) is 2.51. The molecule has 0 saturated carbocycles. The number of sulfonamides is 1. The largest absolute Gasteiger partial charge is 0.480 e. The summed E-state index contributed by atoms with van der Waals surface area (Å²) in [5, 5.41) is 8.60. The first-order chi connectivity index (χ1) is 9.20. The van der Waals surface area contributed by atoms with Crippen LogP contribution in [0.1, 0.15) is 10.4 Å². The Bertz CT molecular complexity index is 642. The Balaban J connectivity index is 3.40. The highest BCUT2D eigenvalue weighted by Crippen LogP contribution is 2.21. The van der Waals surface area contributed by atoms with Crippen LogP contribution in [0.4, 0.5) is 4.39 Å². The molecule has 0 unspecified atom stereocenters. The highest BCUT2D eigenvalue weighted by molar-refractivity contribution is 7.89. The van der Waals surface area contributed by atoms with E-state index < -0.39 is 39.2 Å². The van der Waals surface area contributed by atoms with Crippen molar-refractivity contribution in [2.75, 3.05) is 20.7 Å². The quantitative estimate of drug-likeness (QED) is 0.786. The van der Waals surface area contributed by atoms with Crippen molar-refractivity contribution in [3.05, 3.63) is 29.6 Å². The fourth-order valence-corrected chi connectivity index (χ4v) is 2.74. The number of hydrogen-bond acceptors (Lipinski definition) is 5. The van der Waals surface area contributed by atoms with Gasteiger partial charge in [-0.25, -0.2) is 17.6 Å². The SMILES string of the molecule is COC(=O)c1ccc(F)cc1S(=O)(=O)N(C)CC(=O)O. The number of hydrogen-bond donors (Lipinski definition) is 1. The van der Waals surface area contributed by atoms with Crippen molar-refractivity contribution < 1.29 is 32.2 Å². The Morgan fingerprint density at radius 3 is 2.50 bits per heavy atom. The second-order valence-electron chi connectivity index (χ2n) is 3.79. The summed E-state index contributed by atoms with van der Waals surface area (Å²) in [4.78, 5) is 21.4. The number of carbonyl (C=O) groups is 2. The van der Waals surface area contributed by atoms with E-state index in [1.54, 1.807) is 0 Å². The molecular formula is C11H12FNO6S. The second-order valence-corrected chi connectivity index (χ2v) is 5.80. The molecule has 0 bridgehead atoms. The molecule has 0 spiro atoms. The number of methoxy groups -OCH3 is 1. The van der Waals surface area contributed by atoms with Gasteiger partial charge in [0.25, 0.3) is 0 Å². The van der Waals surface area contributed by atoms with Gasteiger partial charge in [0.2, 0.25) is 10.0 Å². The van der Waals surface area contributed by atoms with Gasteiger partial charge in [0.15, 0.2) is 0 Å². The Kier molecular flexibility index (Phi) is 4.79. The second kappa shape index (κ2) is 5.97. The van der Waals surface area contributed by atoms with Crippen LogP contribution in [-0.4, -0.2) is 50.5 Å². The third kappa shape index (κ3) is 3.31. The molecule has 0 aliphatic rings. The Morgan fingerprint density at radius 1 is 1.40 bits per heavy atom. The van der Waals surface area contributed by atoms with Gasteiger partial charge < -0.3 is 9.84 Å². The van der Waals surface area contributed by atoms with Crippen LogP contribution in [0.2, 0.25) is 0 Å². The van der Waals surface area contributed by atoms with E-state index in [9.17, 15) is 22.4 Å². The number of esters is 1. The van der Waals surface area contributed by atoms with Crippen LogP contribution < -0.4 is 0 Å². The van der Waals surface area contributed by atoms with Crippen molar-refractivity contribution in [1.82, 2.24) is 4.31 Å². The molecular weight excluding hydrogens is 293 g/mol. The van der Waals surface area contributed by atoms with Crippen LogP contribution in [-0.2, 0) is 19.6 Å². The number of ether oxygens (including phenoxy) is 1. The molecule has 0 amide bonds. The molecule has 1 rings (SSSR count). The molecule has 0 atom stereocenters. The van der Waals surface area contributed by atoms with E-state index in [0.29, 0.717) is 10.4 Å². The summed E-state index contributed by atoms with van der Waals surface area (Å²) < 4.78 is 42.4. The van der Waals surface area contributed by atoms with Crippen molar-refractivity contribution in [3.63, 3.8) is 0 Å². The third-order valence-corrected chi connectivity index (χ3v) is 4.24. The van der Waals surface area contributed by atoms with E-state index in [2.05, 4.69) is 4.74 Å². The van der Waals surface area contributed by atoms with E-state index in [1.807, 2.05) is 0 Å². The molecule has 1 aromatic rings. The number of likely N-dealkylation sites (N-methyl/N-ethyl adjacent to an activating group) is 1. The summed E-state index contributed by atoms with van der Waals surface area (Å²) in [5.41, 5.74) is -0.369. The zero-order valence-corrected chi connectivity index (χ0v) is 11.5. The molecule has 110 valence electrons. The Labute approximate surface area is 114 Å². The highest BCUT2D eigenvalue weighted by Gasteiger charge is 2.28. The lowest BCUT2D eigenvalue weighted by Gasteiger charge is -2.16. The van der Waals surface area contributed by atoms with Crippen LogP contribution in [0.5, 0.6) is 0 Å². The van der Waals surface area contributed by atoms with Crippen LogP contribution in [0.3, 0.4) is 0 Å². The topological polar surface area (TPSA) is 101 Å². The molecule has 0 fully saturated rings. The number of carboxylic acid groups (broad SMARTS) is 1. The molecule has 0 aromatic heterocycles. The number of carbonyl (C=O) groups excluding carboxylic acids is 1. The summed E-state index contributed by atoms with van der Waals surface area (Å²) in [6.07, 6.45) is 0. The molecule has 9 heteroatoms. The first-order valence-electron chi connectivity index (χ1n) is 5.26. The predicted molar refractivity (Wildman–Crippen MR) is 65.2 cm³/mol. The van der Waals surface area contributed by atoms with Gasteiger partial charge in [-0.2, -0.15) is 4.31 Å². The maximum atomic E-state index is 13.2. The number of rotatable bonds is 5. The molecule has 1 N–H and O–H groups in total. The number of nitrogens with zero attached hydrogens (tertiary/aromatic N) is 1. The average molecular weight is 305 g/mol. The van der Waals surface area contributed by atoms with Gasteiger partial charge in [-0.05, 0) is 18.2 Å². The lowest BCUT2D eigenvalue weighted by Crippen LogP contribution is -2.33. The number of carboxylic acids is 1. The first-order valence-corrected chi connectivity index (χ1v) is 6.70. The van der Waals surface area contributed by atoms with Crippen molar-refractivity contribution in [2.24, 2.45) is 0 Å². The number of aliphatic carboxylic acids is 1. The van der Waals surface area contributed by atoms with E-state index in [1.165, 1.54) is 0 Å². The van der Waals surface area contributed by atoms with Crippen molar-refractivity contribution >= 4 is 22.0 Å². The summed E-state index contributed by atoms with van der Waals surface area (Å²) in [5.74, 6) is -3.22. The van der Waals surface area contributed by atoms with Gasteiger partial charge >= 0.3 is 11.9 Å². The van der Waals surface area contributed by atoms with Gasteiger partial charge in [-0.3, -0.25) is 4.79 Å². The van der Waals surface area contributed by atoms with Gasteiger partial charge in [-0.15, -0.1) is 0 Å². The predicted octanol–water partition coefficient (Wildman–Crippen LogP) is 0.317. The molecule has 7 nitrogen and oxygen atoms in total. The fraction of sp³-hybridized carbons (Fsp3) is 0.273. The monoisotopic (exact) mass is 305 g/mol. The average Bonchev–Trinajstić information content (AvgIpc) is 2.36. The lowest BCUT2D eigenvalue weighted by molar-refractivity contribution is -0.137. The zero-order valence-electron chi connectivity index (χ0n) is 10.7. The van der Waals surface area contributed by atoms with E-state index in [4.69, 9.17) is 5.11 Å². The molecule has 0 radical (unpaired) electrons. The van der Waals surface area contributed by atoms with Crippen molar-refractivity contribution in [3.8, 4) is 0 Å². The summed E-state index contributed by atoms with van der Waals surface area (Å²) >= 11 is 0. The van der Waals surface area contributed by atoms with Gasteiger partial charge in [-0.1, -0.05) is 0 Å². The molecule has 0 heterocycles. The molecule has 0 saturated heterocycles. The van der Waals surface area contributed by atoms with Gasteiger partial charge in [0, 0.05) is 7.05 Å². The van der Waals surface area contributed by atoms with Crippen LogP contribution in [0, 0.1) is 5.82 Å². The van der Waals surface area contributed by atoms with Crippen LogP contribution >= 0.6 is 0 Å². The maximum absolute atomic E-state index is 13.2. The maximum Gasteiger partial charge on any atom is 0.339 e. The smallest absolute Gasteiger partial charge is 0.339 e. The van der Waals surface area contributed by atoms with E-state index in [0.717, 1.165) is 26.3 Å². The fourth-order valence-electron chi connectivity index (χ4n) is 1.43. The zero-order chi connectivity index (χ0) is 15.5. The first kappa shape index (κ1) is 16.1. The number of benzene rings is 1. The Morgan fingerprint density at radius 2 is 2.00 bits per heavy atom. The van der Waals surface area contributed by atoms with Gasteiger partial charge in [0.05, 0.1) is 17.6 Å². The van der Waals surface area contributed by atoms with Crippen molar-refractivity contribution in [2.45, 2.75) is 4.90 Å². The third-order valence-electron chi connectivity index (χ3n) is 2.40. The highest BCUT2D eigenvalue weighted by atomic mass is 32.2.